The number of fused-ring (bicyclic) bond motifs is 3. The number of piperidine rings is 1. The number of likely N-dealkylation sites (tertiary alicyclic amines) is 1. The van der Waals surface area contributed by atoms with Crippen LogP contribution >= 0.6 is 0 Å². The lowest BCUT2D eigenvalue weighted by molar-refractivity contribution is -0.151. The number of aliphatic carboxylic acids is 1. The number of amides is 2. The summed E-state index contributed by atoms with van der Waals surface area (Å²) in [7, 11) is 0. The van der Waals surface area contributed by atoms with Crippen molar-refractivity contribution >= 4 is 18.0 Å². The molecule has 9 heteroatoms. The van der Waals surface area contributed by atoms with Gasteiger partial charge in [-0.15, -0.1) is 0 Å². The van der Waals surface area contributed by atoms with Gasteiger partial charge < -0.3 is 25.2 Å². The molecule has 9 nitrogen and oxygen atoms in total. The zero-order valence-corrected chi connectivity index (χ0v) is 27.0. The summed E-state index contributed by atoms with van der Waals surface area (Å²) >= 11 is 0. The third kappa shape index (κ3) is 7.43. The first-order chi connectivity index (χ1) is 23.3. The average molecular weight is 648 g/mol. The van der Waals surface area contributed by atoms with Crippen LogP contribution in [0.2, 0.25) is 0 Å². The SMILES string of the molecule is C[C@H](OCc1ccccc1)[C@@H](NC(=O)OCC1c2ccccc2-c2ccccc21)C(=O)NC1(C(=O)O)CCN(Cc2ccccc2)CC1. The van der Waals surface area contributed by atoms with Crippen molar-refractivity contribution in [1.29, 1.82) is 0 Å². The molecule has 2 aliphatic rings. The normalized spacial score (nSPS) is 16.6. The lowest BCUT2D eigenvalue weighted by Gasteiger charge is -2.40. The van der Waals surface area contributed by atoms with Gasteiger partial charge >= 0.3 is 12.1 Å². The van der Waals surface area contributed by atoms with Crippen LogP contribution in [0.1, 0.15) is 47.9 Å². The zero-order chi connectivity index (χ0) is 33.5. The number of benzene rings is 4. The molecule has 4 aromatic rings. The first kappa shape index (κ1) is 32.9. The molecule has 0 saturated carbocycles. The van der Waals surface area contributed by atoms with E-state index < -0.39 is 35.7 Å². The van der Waals surface area contributed by atoms with Gasteiger partial charge in [-0.2, -0.15) is 0 Å². The van der Waals surface area contributed by atoms with E-state index >= 15 is 0 Å². The molecule has 1 fully saturated rings. The first-order valence-electron chi connectivity index (χ1n) is 16.4. The Morgan fingerprint density at radius 2 is 1.35 bits per heavy atom. The van der Waals surface area contributed by atoms with Crippen LogP contribution in [-0.2, 0) is 32.2 Å². The number of carbonyl (C=O) groups excluding carboxylic acids is 2. The third-order valence-electron chi connectivity index (χ3n) is 9.46. The number of carboxylic acid groups (broad SMARTS) is 1. The van der Waals surface area contributed by atoms with Gasteiger partial charge in [0.1, 0.15) is 18.2 Å². The molecule has 1 heterocycles. The molecule has 2 amide bonds. The Bertz CT molecular complexity index is 1680. The van der Waals surface area contributed by atoms with Crippen LogP contribution < -0.4 is 10.6 Å². The van der Waals surface area contributed by atoms with E-state index in [9.17, 15) is 19.5 Å². The molecule has 3 N–H and O–H groups in total. The molecule has 1 saturated heterocycles. The largest absolute Gasteiger partial charge is 0.480 e. The van der Waals surface area contributed by atoms with Crippen LogP contribution in [0.5, 0.6) is 0 Å². The van der Waals surface area contributed by atoms with Crippen LogP contribution in [0.25, 0.3) is 11.1 Å². The van der Waals surface area contributed by atoms with E-state index in [0.29, 0.717) is 19.6 Å². The minimum absolute atomic E-state index is 0.0732. The number of carbonyl (C=O) groups is 3. The third-order valence-corrected chi connectivity index (χ3v) is 9.46. The molecule has 0 spiro atoms. The van der Waals surface area contributed by atoms with E-state index in [4.69, 9.17) is 9.47 Å². The van der Waals surface area contributed by atoms with Gasteiger partial charge in [0.2, 0.25) is 5.91 Å². The van der Waals surface area contributed by atoms with E-state index in [0.717, 1.165) is 33.4 Å². The second-order valence-corrected chi connectivity index (χ2v) is 12.6. The van der Waals surface area contributed by atoms with Crippen LogP contribution in [-0.4, -0.2) is 65.4 Å². The Balaban J connectivity index is 1.14. The predicted octanol–water partition coefficient (Wildman–Crippen LogP) is 5.73. The summed E-state index contributed by atoms with van der Waals surface area (Å²) in [5.74, 6) is -1.89. The van der Waals surface area contributed by atoms with Crippen molar-refractivity contribution in [3.8, 4) is 11.1 Å². The monoisotopic (exact) mass is 647 g/mol. The van der Waals surface area contributed by atoms with Crippen molar-refractivity contribution in [3.63, 3.8) is 0 Å². The number of hydrogen-bond acceptors (Lipinski definition) is 6. The molecule has 1 aliphatic carbocycles. The van der Waals surface area contributed by atoms with Gasteiger partial charge in [0.05, 0.1) is 12.7 Å². The highest BCUT2D eigenvalue weighted by molar-refractivity contribution is 5.92. The van der Waals surface area contributed by atoms with Gasteiger partial charge in [-0.3, -0.25) is 9.69 Å². The summed E-state index contributed by atoms with van der Waals surface area (Å²) in [5, 5.41) is 15.9. The quantitative estimate of drug-likeness (QED) is 0.180. The number of carboxylic acids is 1. The highest BCUT2D eigenvalue weighted by Gasteiger charge is 2.45. The highest BCUT2D eigenvalue weighted by atomic mass is 16.5. The maximum atomic E-state index is 13.9. The van der Waals surface area contributed by atoms with E-state index in [-0.39, 0.29) is 32.0 Å². The summed E-state index contributed by atoms with van der Waals surface area (Å²) in [6.45, 7) is 3.64. The predicted molar refractivity (Wildman–Crippen MR) is 182 cm³/mol. The summed E-state index contributed by atoms with van der Waals surface area (Å²) < 4.78 is 11.8. The van der Waals surface area contributed by atoms with Crippen LogP contribution in [0, 0.1) is 0 Å². The molecule has 0 radical (unpaired) electrons. The van der Waals surface area contributed by atoms with E-state index in [1.54, 1.807) is 6.92 Å². The van der Waals surface area contributed by atoms with E-state index in [2.05, 4.69) is 27.7 Å². The number of ether oxygens (including phenoxy) is 2. The smallest absolute Gasteiger partial charge is 0.407 e. The fourth-order valence-electron chi connectivity index (χ4n) is 6.70. The molecule has 248 valence electrons. The lowest BCUT2D eigenvalue weighted by atomic mass is 9.86. The van der Waals surface area contributed by atoms with Crippen LogP contribution in [0.3, 0.4) is 0 Å². The van der Waals surface area contributed by atoms with Crippen molar-refractivity contribution < 1.29 is 29.0 Å². The molecule has 0 aromatic heterocycles. The van der Waals surface area contributed by atoms with Gasteiger partial charge in [0, 0.05) is 25.6 Å². The summed E-state index contributed by atoms with van der Waals surface area (Å²) in [5.41, 5.74) is 4.92. The second kappa shape index (κ2) is 14.8. The van der Waals surface area contributed by atoms with Crippen molar-refractivity contribution in [3.05, 3.63) is 131 Å². The Hall–Kier alpha value is -4.99. The Morgan fingerprint density at radius 3 is 1.94 bits per heavy atom. The van der Waals surface area contributed by atoms with Gasteiger partial charge in [0.25, 0.3) is 0 Å². The number of hydrogen-bond donors (Lipinski definition) is 3. The highest BCUT2D eigenvalue weighted by Crippen LogP contribution is 2.44. The Labute approximate surface area is 280 Å². The number of nitrogens with one attached hydrogen (secondary N) is 2. The molecule has 1 aliphatic heterocycles. The average Bonchev–Trinajstić information content (AvgIpc) is 3.43. The molecule has 4 aromatic carbocycles. The molecule has 6 rings (SSSR count). The van der Waals surface area contributed by atoms with Crippen molar-refractivity contribution in [2.24, 2.45) is 0 Å². The molecular formula is C39H41N3O6. The van der Waals surface area contributed by atoms with E-state index in [1.807, 2.05) is 97.1 Å². The maximum Gasteiger partial charge on any atom is 0.407 e. The summed E-state index contributed by atoms with van der Waals surface area (Å²) in [6.07, 6.45) is -1.14. The number of rotatable bonds is 12. The molecule has 0 bridgehead atoms. The van der Waals surface area contributed by atoms with Crippen LogP contribution in [0.15, 0.2) is 109 Å². The van der Waals surface area contributed by atoms with Crippen molar-refractivity contribution in [1.82, 2.24) is 15.5 Å². The van der Waals surface area contributed by atoms with Gasteiger partial charge in [0.15, 0.2) is 0 Å². The lowest BCUT2D eigenvalue weighted by Crippen LogP contribution is -2.64. The number of nitrogens with zero attached hydrogens (tertiary/aromatic N) is 1. The Morgan fingerprint density at radius 1 is 0.812 bits per heavy atom. The topological polar surface area (TPSA) is 117 Å². The zero-order valence-electron chi connectivity index (χ0n) is 27.0. The Kier molecular flexibility index (Phi) is 10.2. The molecule has 0 unspecified atom stereocenters. The van der Waals surface area contributed by atoms with Crippen molar-refractivity contribution in [2.75, 3.05) is 19.7 Å². The molecule has 2 atom stereocenters. The maximum absolute atomic E-state index is 13.9. The van der Waals surface area contributed by atoms with Crippen molar-refractivity contribution in [2.45, 2.75) is 56.5 Å². The molecular weight excluding hydrogens is 606 g/mol. The van der Waals surface area contributed by atoms with Gasteiger partial charge in [-0.25, -0.2) is 9.59 Å². The second-order valence-electron chi connectivity index (χ2n) is 12.6. The molecule has 48 heavy (non-hydrogen) atoms. The fraction of sp³-hybridized carbons (Fsp3) is 0.308. The van der Waals surface area contributed by atoms with Gasteiger partial charge in [-0.05, 0) is 53.1 Å². The minimum atomic E-state index is -1.48. The first-order valence-corrected chi connectivity index (χ1v) is 16.4. The van der Waals surface area contributed by atoms with Crippen LogP contribution in [0.4, 0.5) is 4.79 Å². The summed E-state index contributed by atoms with van der Waals surface area (Å²) in [4.78, 5) is 42.1. The standard InChI is InChI=1S/C39H41N3O6/c1-27(47-25-29-14-6-3-7-15-29)35(36(43)41-39(37(44)45)20-22-42(23-21-39)24-28-12-4-2-5-13-28)40-38(46)48-26-34-32-18-10-8-16-30(32)31-17-9-11-19-33(31)34/h2-19,27,34-35H,20-26H2,1H3,(H,40,46)(H,41,43)(H,44,45)/t27-,35+/m0/s1. The summed E-state index contributed by atoms with van der Waals surface area (Å²) in [6, 6.07) is 34.4. The minimum Gasteiger partial charge on any atom is -0.480 e. The fourth-order valence-corrected chi connectivity index (χ4v) is 6.70. The number of alkyl carbamates (subject to hydrolysis) is 1. The van der Waals surface area contributed by atoms with Gasteiger partial charge in [-0.1, -0.05) is 109 Å². The van der Waals surface area contributed by atoms with E-state index in [1.165, 1.54) is 0 Å².